The Kier molecular flexibility index (Phi) is 42.7. The molecule has 62 heavy (non-hydrogen) atoms. The topological polar surface area (TPSA) is 172 Å². The minimum absolute atomic E-state index is 0.0823. The summed E-state index contributed by atoms with van der Waals surface area (Å²) in [4.78, 5) is 46.1. The van der Waals surface area contributed by atoms with Crippen molar-refractivity contribution in [3.63, 3.8) is 0 Å². The number of carbonyl (C=O) groups excluding carboxylic acids is 2. The molecular formula is C50H88NO10P. The lowest BCUT2D eigenvalue weighted by atomic mass is 10.0. The summed E-state index contributed by atoms with van der Waals surface area (Å²) in [6.07, 6.45) is 53.0. The molecule has 4 N–H and O–H groups in total. The van der Waals surface area contributed by atoms with Gasteiger partial charge in [0.2, 0.25) is 0 Å². The van der Waals surface area contributed by atoms with Crippen molar-refractivity contribution in [3.8, 4) is 0 Å². The Hall–Kier alpha value is -2.82. The van der Waals surface area contributed by atoms with E-state index >= 15 is 0 Å². The Morgan fingerprint density at radius 3 is 1.34 bits per heavy atom. The number of nitrogens with two attached hydrogens (primary N) is 1. The van der Waals surface area contributed by atoms with Crippen LogP contribution in [0.2, 0.25) is 0 Å². The second kappa shape index (κ2) is 44.8. The van der Waals surface area contributed by atoms with Crippen LogP contribution < -0.4 is 5.73 Å². The lowest BCUT2D eigenvalue weighted by molar-refractivity contribution is -0.161. The van der Waals surface area contributed by atoms with E-state index in [1.165, 1.54) is 109 Å². The molecule has 0 rings (SSSR count). The molecule has 358 valence electrons. The van der Waals surface area contributed by atoms with Crippen molar-refractivity contribution in [2.75, 3.05) is 19.8 Å². The van der Waals surface area contributed by atoms with Crippen molar-refractivity contribution >= 4 is 25.7 Å². The lowest BCUT2D eigenvalue weighted by Gasteiger charge is -2.20. The minimum atomic E-state index is -4.74. The predicted octanol–water partition coefficient (Wildman–Crippen LogP) is 13.5. The van der Waals surface area contributed by atoms with Crippen molar-refractivity contribution in [1.82, 2.24) is 0 Å². The lowest BCUT2D eigenvalue weighted by Crippen LogP contribution is -2.34. The highest BCUT2D eigenvalue weighted by atomic mass is 31.2. The Morgan fingerprint density at radius 2 is 0.903 bits per heavy atom. The number of unbranched alkanes of at least 4 members (excludes halogenated alkanes) is 21. The second-order valence-electron chi connectivity index (χ2n) is 16.2. The molecule has 0 bridgehead atoms. The van der Waals surface area contributed by atoms with Crippen LogP contribution in [0.15, 0.2) is 60.8 Å². The maximum absolute atomic E-state index is 12.6. The number of phosphoric ester groups is 1. The van der Waals surface area contributed by atoms with Crippen LogP contribution in [0.25, 0.3) is 0 Å². The maximum Gasteiger partial charge on any atom is 0.472 e. The Morgan fingerprint density at radius 1 is 0.516 bits per heavy atom. The van der Waals surface area contributed by atoms with E-state index in [-0.39, 0.29) is 19.4 Å². The molecule has 3 atom stereocenters. The van der Waals surface area contributed by atoms with E-state index in [9.17, 15) is 23.8 Å². The fourth-order valence-electron chi connectivity index (χ4n) is 6.51. The van der Waals surface area contributed by atoms with Crippen LogP contribution in [0.4, 0.5) is 0 Å². The van der Waals surface area contributed by atoms with Crippen molar-refractivity contribution in [3.05, 3.63) is 60.8 Å². The van der Waals surface area contributed by atoms with Gasteiger partial charge in [0.05, 0.1) is 13.2 Å². The van der Waals surface area contributed by atoms with Crippen LogP contribution in [-0.4, -0.2) is 59.9 Å². The van der Waals surface area contributed by atoms with E-state index in [4.69, 9.17) is 24.8 Å². The Bertz CT molecular complexity index is 1280. The molecule has 0 aliphatic carbocycles. The number of allylic oxidation sites excluding steroid dienone is 10. The molecule has 0 aliphatic heterocycles. The number of aliphatic carboxylic acids is 1. The van der Waals surface area contributed by atoms with Gasteiger partial charge in [-0.2, -0.15) is 0 Å². The van der Waals surface area contributed by atoms with Gasteiger partial charge in [-0.25, -0.2) is 4.57 Å². The molecule has 0 saturated heterocycles. The van der Waals surface area contributed by atoms with Gasteiger partial charge in [-0.05, 0) is 51.4 Å². The largest absolute Gasteiger partial charge is 0.480 e. The van der Waals surface area contributed by atoms with Gasteiger partial charge < -0.3 is 25.2 Å². The fraction of sp³-hybridized carbons (Fsp3) is 0.740. The quantitative estimate of drug-likeness (QED) is 0.0230. The summed E-state index contributed by atoms with van der Waals surface area (Å²) >= 11 is 0. The van der Waals surface area contributed by atoms with Crippen LogP contribution in [0.1, 0.15) is 206 Å². The minimum Gasteiger partial charge on any atom is -0.480 e. The molecular weight excluding hydrogens is 806 g/mol. The molecule has 0 saturated carbocycles. The number of hydrogen-bond donors (Lipinski definition) is 3. The summed E-state index contributed by atoms with van der Waals surface area (Å²) in [6.45, 7) is 2.66. The first kappa shape index (κ1) is 59.2. The normalized spacial score (nSPS) is 14.1. The molecule has 12 heteroatoms. The summed E-state index contributed by atoms with van der Waals surface area (Å²) in [6, 6.07) is -1.53. The highest BCUT2D eigenvalue weighted by Gasteiger charge is 2.28. The van der Waals surface area contributed by atoms with Gasteiger partial charge in [0.25, 0.3) is 0 Å². The molecule has 0 heterocycles. The first-order chi connectivity index (χ1) is 30.1. The highest BCUT2D eigenvalue weighted by molar-refractivity contribution is 7.47. The standard InChI is InChI=1S/C50H88NO10P/c1-3-5-7-9-11-13-15-17-19-21-22-23-24-26-27-29-31-33-35-37-39-41-48(52)58-43-46(44-59-62(56,57)60-45-47(51)50(54)55)61-49(53)42-40-38-36-34-32-30-28-25-20-18-16-14-12-10-8-6-4-2/h6,8,12,14,18,20,28,30,34,36,46-47H,3-5,7,9-11,13,15-17,19,21-27,29,31-33,35,37-45,51H2,1-2H3,(H,54,55)(H,56,57)/b8-6-,14-12-,20-18-,30-28-,36-34-. The summed E-state index contributed by atoms with van der Waals surface area (Å²) in [7, 11) is -4.74. The third-order valence-electron chi connectivity index (χ3n) is 10.3. The van der Waals surface area contributed by atoms with Gasteiger partial charge >= 0.3 is 25.7 Å². The molecule has 0 aromatic rings. The number of carbonyl (C=O) groups is 3. The van der Waals surface area contributed by atoms with Crippen molar-refractivity contribution < 1.29 is 47.5 Å². The van der Waals surface area contributed by atoms with Crippen LogP contribution in [0.3, 0.4) is 0 Å². The number of carboxylic acid groups (broad SMARTS) is 1. The molecule has 0 amide bonds. The summed E-state index contributed by atoms with van der Waals surface area (Å²) < 4.78 is 32.7. The number of esters is 2. The molecule has 11 nitrogen and oxygen atoms in total. The van der Waals surface area contributed by atoms with Crippen LogP contribution >= 0.6 is 7.82 Å². The molecule has 0 spiro atoms. The zero-order valence-corrected chi connectivity index (χ0v) is 39.8. The number of phosphoric acid groups is 1. The fourth-order valence-corrected chi connectivity index (χ4v) is 7.29. The zero-order valence-electron chi connectivity index (χ0n) is 38.9. The molecule has 3 unspecified atom stereocenters. The maximum atomic E-state index is 12.6. The number of carboxylic acids is 1. The van der Waals surface area contributed by atoms with Gasteiger partial charge in [0.1, 0.15) is 12.6 Å². The Labute approximate surface area is 377 Å². The van der Waals surface area contributed by atoms with Gasteiger partial charge in [-0.3, -0.25) is 23.4 Å². The van der Waals surface area contributed by atoms with E-state index in [0.29, 0.717) is 19.3 Å². The third kappa shape index (κ3) is 43.8. The van der Waals surface area contributed by atoms with Crippen LogP contribution in [-0.2, 0) is 37.5 Å². The molecule has 0 radical (unpaired) electrons. The molecule has 0 aromatic heterocycles. The van der Waals surface area contributed by atoms with Gasteiger partial charge in [-0.1, -0.05) is 203 Å². The zero-order chi connectivity index (χ0) is 45.6. The average molecular weight is 894 g/mol. The molecule has 0 aromatic carbocycles. The second-order valence-corrected chi connectivity index (χ2v) is 17.7. The SMILES string of the molecule is CC/C=C\C/C=C\C/C=C\C/C=C\C/C=C\CCCC(=O)OC(COC(=O)CCCCCCCCCCCCCCCCCCCCCCC)COP(=O)(O)OCC(N)C(=O)O. The van der Waals surface area contributed by atoms with Gasteiger partial charge in [0, 0.05) is 12.8 Å². The van der Waals surface area contributed by atoms with Crippen LogP contribution in [0.5, 0.6) is 0 Å². The Balaban J connectivity index is 4.32. The molecule has 0 fully saturated rings. The number of rotatable bonds is 45. The monoisotopic (exact) mass is 894 g/mol. The van der Waals surface area contributed by atoms with E-state index < -0.39 is 51.1 Å². The smallest absolute Gasteiger partial charge is 0.472 e. The van der Waals surface area contributed by atoms with Crippen LogP contribution in [0, 0.1) is 0 Å². The van der Waals surface area contributed by atoms with E-state index in [0.717, 1.165) is 51.4 Å². The van der Waals surface area contributed by atoms with Crippen molar-refractivity contribution in [1.29, 1.82) is 0 Å². The first-order valence-electron chi connectivity index (χ1n) is 24.3. The van der Waals surface area contributed by atoms with E-state index in [1.54, 1.807) is 0 Å². The van der Waals surface area contributed by atoms with Crippen molar-refractivity contribution in [2.45, 2.75) is 219 Å². The number of ether oxygens (including phenoxy) is 2. The third-order valence-corrected chi connectivity index (χ3v) is 11.2. The van der Waals surface area contributed by atoms with Gasteiger partial charge in [0.15, 0.2) is 6.10 Å². The average Bonchev–Trinajstić information content (AvgIpc) is 3.25. The van der Waals surface area contributed by atoms with Crippen molar-refractivity contribution in [2.24, 2.45) is 5.73 Å². The van der Waals surface area contributed by atoms with E-state index in [1.807, 2.05) is 12.2 Å². The first-order valence-corrected chi connectivity index (χ1v) is 25.8. The summed E-state index contributed by atoms with van der Waals surface area (Å²) in [5.41, 5.74) is 5.34. The number of hydrogen-bond acceptors (Lipinski definition) is 9. The predicted molar refractivity (Wildman–Crippen MR) is 254 cm³/mol. The van der Waals surface area contributed by atoms with E-state index in [2.05, 4.69) is 67.0 Å². The molecule has 0 aliphatic rings. The highest BCUT2D eigenvalue weighted by Crippen LogP contribution is 2.43. The summed E-state index contributed by atoms with van der Waals surface area (Å²) in [5.74, 6) is -2.45. The summed E-state index contributed by atoms with van der Waals surface area (Å²) in [5, 5.41) is 8.91. The van der Waals surface area contributed by atoms with Gasteiger partial charge in [-0.15, -0.1) is 0 Å².